The second-order valence-corrected chi connectivity index (χ2v) is 5.43. The molecule has 0 saturated heterocycles. The van der Waals surface area contributed by atoms with E-state index in [0.29, 0.717) is 5.56 Å². The van der Waals surface area contributed by atoms with E-state index in [1.54, 1.807) is 36.7 Å². The number of benzene rings is 1. The zero-order chi connectivity index (χ0) is 15.2. The predicted octanol–water partition coefficient (Wildman–Crippen LogP) is 1.78. The molecule has 1 aromatic carbocycles. The Morgan fingerprint density at radius 1 is 1.33 bits per heavy atom. The number of amides is 2. The van der Waals surface area contributed by atoms with Crippen molar-refractivity contribution in [2.75, 3.05) is 6.54 Å². The molecule has 0 radical (unpaired) electrons. The summed E-state index contributed by atoms with van der Waals surface area (Å²) in [4.78, 5) is 23.6. The summed E-state index contributed by atoms with van der Waals surface area (Å²) in [5.41, 5.74) is 1.39. The van der Waals surface area contributed by atoms with E-state index in [-0.39, 0.29) is 24.4 Å². The Kier molecular flexibility index (Phi) is 5.10. The highest BCUT2D eigenvalue weighted by molar-refractivity contribution is 9.10. The molecule has 6 nitrogen and oxygen atoms in total. The number of aromatic nitrogens is 2. The van der Waals surface area contributed by atoms with Crippen LogP contribution < -0.4 is 10.6 Å². The van der Waals surface area contributed by atoms with Crippen LogP contribution in [0.5, 0.6) is 0 Å². The molecule has 0 spiro atoms. The second-order valence-electron chi connectivity index (χ2n) is 4.51. The van der Waals surface area contributed by atoms with E-state index in [1.807, 2.05) is 6.92 Å². The smallest absolute Gasteiger partial charge is 0.251 e. The van der Waals surface area contributed by atoms with Crippen LogP contribution in [0.15, 0.2) is 41.1 Å². The molecule has 1 heterocycles. The quantitative estimate of drug-likeness (QED) is 0.768. The van der Waals surface area contributed by atoms with E-state index in [9.17, 15) is 9.59 Å². The molecule has 0 aliphatic rings. The highest BCUT2D eigenvalue weighted by Crippen LogP contribution is 2.10. The summed E-state index contributed by atoms with van der Waals surface area (Å²) >= 11 is 3.30. The van der Waals surface area contributed by atoms with Crippen LogP contribution in [0.3, 0.4) is 0 Å². The Balaban J connectivity index is 1.81. The third kappa shape index (κ3) is 4.42. The number of halogens is 1. The lowest BCUT2D eigenvalue weighted by molar-refractivity contribution is -0.120. The van der Waals surface area contributed by atoms with E-state index >= 15 is 0 Å². The molecule has 3 N–H and O–H groups in total. The van der Waals surface area contributed by atoms with Crippen molar-refractivity contribution in [1.29, 1.82) is 0 Å². The van der Waals surface area contributed by atoms with Crippen molar-refractivity contribution in [1.82, 2.24) is 20.8 Å². The highest BCUT2D eigenvalue weighted by Gasteiger charge is 2.12. The molecule has 1 aromatic heterocycles. The zero-order valence-electron chi connectivity index (χ0n) is 11.4. The number of hydrogen-bond donors (Lipinski definition) is 3. The standard InChI is InChI=1S/C14H15BrN4O2/c1-9(11-6-17-18-7-11)19-13(20)8-16-14(21)10-2-4-12(15)5-3-10/h2-7,9H,8H2,1H3,(H,16,21)(H,17,18)(H,19,20). The van der Waals surface area contributed by atoms with Crippen molar-refractivity contribution in [3.05, 3.63) is 52.3 Å². The number of carbonyl (C=O) groups is 2. The van der Waals surface area contributed by atoms with Gasteiger partial charge in [0.25, 0.3) is 5.91 Å². The maximum atomic E-state index is 11.9. The first-order chi connectivity index (χ1) is 10.1. The second kappa shape index (κ2) is 7.03. The molecule has 2 rings (SSSR count). The highest BCUT2D eigenvalue weighted by atomic mass is 79.9. The topological polar surface area (TPSA) is 86.9 Å². The molecular formula is C14H15BrN4O2. The third-order valence-electron chi connectivity index (χ3n) is 2.91. The SMILES string of the molecule is CC(NC(=O)CNC(=O)c1ccc(Br)cc1)c1cn[nH]c1. The molecule has 1 atom stereocenters. The Bertz CT molecular complexity index is 610. The number of H-pyrrole nitrogens is 1. The largest absolute Gasteiger partial charge is 0.348 e. The lowest BCUT2D eigenvalue weighted by atomic mass is 10.2. The summed E-state index contributed by atoms with van der Waals surface area (Å²) in [7, 11) is 0. The van der Waals surface area contributed by atoms with Gasteiger partial charge in [0.2, 0.25) is 5.91 Å². The van der Waals surface area contributed by atoms with Gasteiger partial charge in [0.15, 0.2) is 0 Å². The van der Waals surface area contributed by atoms with Crippen molar-refractivity contribution in [2.24, 2.45) is 0 Å². The molecule has 0 aliphatic carbocycles. The number of hydrogen-bond acceptors (Lipinski definition) is 3. The van der Waals surface area contributed by atoms with Gasteiger partial charge in [-0.05, 0) is 31.2 Å². The molecule has 7 heteroatoms. The summed E-state index contributed by atoms with van der Waals surface area (Å²) < 4.78 is 0.894. The lowest BCUT2D eigenvalue weighted by Gasteiger charge is -2.12. The molecule has 2 aromatic rings. The first kappa shape index (κ1) is 15.2. The normalized spacial score (nSPS) is 11.7. The van der Waals surface area contributed by atoms with Gasteiger partial charge in [-0.2, -0.15) is 5.10 Å². The van der Waals surface area contributed by atoms with E-state index < -0.39 is 0 Å². The van der Waals surface area contributed by atoms with E-state index in [4.69, 9.17) is 0 Å². The molecule has 2 amide bonds. The van der Waals surface area contributed by atoms with Crippen molar-refractivity contribution in [3.8, 4) is 0 Å². The average molecular weight is 351 g/mol. The summed E-state index contributed by atoms with van der Waals surface area (Å²) in [5.74, 6) is -0.539. The van der Waals surface area contributed by atoms with Gasteiger partial charge in [0.1, 0.15) is 0 Å². The number of nitrogens with zero attached hydrogens (tertiary/aromatic N) is 1. The first-order valence-corrected chi connectivity index (χ1v) is 7.17. The minimum atomic E-state index is -0.284. The van der Waals surface area contributed by atoms with Crippen LogP contribution in [0, 0.1) is 0 Å². The van der Waals surface area contributed by atoms with Crippen molar-refractivity contribution in [2.45, 2.75) is 13.0 Å². The van der Waals surface area contributed by atoms with Gasteiger partial charge >= 0.3 is 0 Å². The number of nitrogens with one attached hydrogen (secondary N) is 3. The zero-order valence-corrected chi connectivity index (χ0v) is 13.0. The lowest BCUT2D eigenvalue weighted by Crippen LogP contribution is -2.37. The fraction of sp³-hybridized carbons (Fsp3) is 0.214. The van der Waals surface area contributed by atoms with E-state index in [1.165, 1.54) is 0 Å². The number of rotatable bonds is 5. The fourth-order valence-corrected chi connectivity index (χ4v) is 2.00. The van der Waals surface area contributed by atoms with Crippen LogP contribution in [-0.2, 0) is 4.79 Å². The van der Waals surface area contributed by atoms with Gasteiger partial charge in [0, 0.05) is 21.8 Å². The Hall–Kier alpha value is -2.15. The molecule has 21 heavy (non-hydrogen) atoms. The van der Waals surface area contributed by atoms with Gasteiger partial charge in [-0.3, -0.25) is 14.7 Å². The monoisotopic (exact) mass is 350 g/mol. The average Bonchev–Trinajstić information content (AvgIpc) is 3.00. The minimum Gasteiger partial charge on any atom is -0.348 e. The van der Waals surface area contributed by atoms with Crippen LogP contribution in [-0.4, -0.2) is 28.6 Å². The molecule has 1 unspecified atom stereocenters. The van der Waals surface area contributed by atoms with Gasteiger partial charge in [-0.15, -0.1) is 0 Å². The molecule has 0 saturated carbocycles. The summed E-state index contributed by atoms with van der Waals surface area (Å²) in [5, 5.41) is 11.9. The van der Waals surface area contributed by atoms with Crippen molar-refractivity contribution in [3.63, 3.8) is 0 Å². The van der Waals surface area contributed by atoms with Crippen LogP contribution in [0.1, 0.15) is 28.9 Å². The van der Waals surface area contributed by atoms with Crippen LogP contribution in [0.25, 0.3) is 0 Å². The number of carbonyl (C=O) groups excluding carboxylic acids is 2. The minimum absolute atomic E-state index is 0.0723. The fourth-order valence-electron chi connectivity index (χ4n) is 1.74. The maximum Gasteiger partial charge on any atom is 0.251 e. The van der Waals surface area contributed by atoms with Gasteiger partial charge < -0.3 is 10.6 Å². The number of aromatic amines is 1. The maximum absolute atomic E-state index is 11.9. The Morgan fingerprint density at radius 3 is 2.67 bits per heavy atom. The molecule has 110 valence electrons. The molecule has 0 aliphatic heterocycles. The van der Waals surface area contributed by atoms with Gasteiger partial charge in [0.05, 0.1) is 18.8 Å². The van der Waals surface area contributed by atoms with Gasteiger partial charge in [-0.25, -0.2) is 0 Å². The molecule has 0 bridgehead atoms. The summed E-state index contributed by atoms with van der Waals surface area (Å²) in [6, 6.07) is 6.75. The van der Waals surface area contributed by atoms with E-state index in [0.717, 1.165) is 10.0 Å². The molecular weight excluding hydrogens is 336 g/mol. The van der Waals surface area contributed by atoms with Crippen LogP contribution >= 0.6 is 15.9 Å². The van der Waals surface area contributed by atoms with Crippen LogP contribution in [0.4, 0.5) is 0 Å². The molecule has 0 fully saturated rings. The third-order valence-corrected chi connectivity index (χ3v) is 3.44. The Morgan fingerprint density at radius 2 is 2.05 bits per heavy atom. The summed E-state index contributed by atoms with van der Waals surface area (Å²) in [6.07, 6.45) is 3.36. The first-order valence-electron chi connectivity index (χ1n) is 6.38. The van der Waals surface area contributed by atoms with Crippen molar-refractivity contribution >= 4 is 27.7 Å². The van der Waals surface area contributed by atoms with Crippen LogP contribution in [0.2, 0.25) is 0 Å². The van der Waals surface area contributed by atoms with Gasteiger partial charge in [-0.1, -0.05) is 15.9 Å². The van der Waals surface area contributed by atoms with E-state index in [2.05, 4.69) is 36.8 Å². The predicted molar refractivity (Wildman–Crippen MR) is 81.6 cm³/mol. The Labute approximate surface area is 130 Å². The van der Waals surface area contributed by atoms with Crippen molar-refractivity contribution < 1.29 is 9.59 Å². The summed E-state index contributed by atoms with van der Waals surface area (Å²) in [6.45, 7) is 1.77.